The van der Waals surface area contributed by atoms with Crippen LogP contribution < -0.4 is 4.74 Å². The van der Waals surface area contributed by atoms with E-state index >= 15 is 0 Å². The molecule has 2 fully saturated rings. The Morgan fingerprint density at radius 3 is 2.62 bits per heavy atom. The molecule has 3 atom stereocenters. The fourth-order valence-corrected chi connectivity index (χ4v) is 4.86. The molecule has 2 amide bonds. The number of hydrogen-bond donors (Lipinski definition) is 0. The summed E-state index contributed by atoms with van der Waals surface area (Å²) >= 11 is 0. The van der Waals surface area contributed by atoms with Crippen LogP contribution in [0.2, 0.25) is 0 Å². The first-order valence-electron chi connectivity index (χ1n) is 10.2. The number of carbonyl (C=O) groups excluding carboxylic acids is 2. The predicted molar refractivity (Wildman–Crippen MR) is 110 cm³/mol. The third-order valence-corrected chi connectivity index (χ3v) is 6.21. The summed E-state index contributed by atoms with van der Waals surface area (Å²) in [5.74, 6) is 1.10. The van der Waals surface area contributed by atoms with Gasteiger partial charge in [-0.15, -0.1) is 0 Å². The smallest absolute Gasteiger partial charge is 0.227 e. The van der Waals surface area contributed by atoms with Crippen LogP contribution in [-0.4, -0.2) is 58.9 Å². The van der Waals surface area contributed by atoms with Crippen LogP contribution in [0, 0.1) is 0 Å². The molecule has 4 rings (SSSR count). The van der Waals surface area contributed by atoms with Crippen LogP contribution in [0.3, 0.4) is 0 Å². The van der Waals surface area contributed by atoms with Gasteiger partial charge < -0.3 is 14.5 Å². The fraction of sp³-hybridized carbons (Fsp3) is 0.435. The van der Waals surface area contributed by atoms with Gasteiger partial charge in [0.2, 0.25) is 11.8 Å². The highest BCUT2D eigenvalue weighted by atomic mass is 16.5. The summed E-state index contributed by atoms with van der Waals surface area (Å²) in [7, 11) is 1.65. The van der Waals surface area contributed by atoms with Gasteiger partial charge >= 0.3 is 0 Å². The summed E-state index contributed by atoms with van der Waals surface area (Å²) in [5, 5.41) is 0. The van der Waals surface area contributed by atoms with Crippen molar-refractivity contribution in [3.05, 3.63) is 59.9 Å². The molecule has 0 aliphatic carbocycles. The number of benzene rings is 1. The van der Waals surface area contributed by atoms with Gasteiger partial charge in [0.15, 0.2) is 0 Å². The van der Waals surface area contributed by atoms with Gasteiger partial charge in [0, 0.05) is 38.3 Å². The van der Waals surface area contributed by atoms with Crippen molar-refractivity contribution < 1.29 is 14.3 Å². The molecule has 29 heavy (non-hydrogen) atoms. The van der Waals surface area contributed by atoms with Crippen molar-refractivity contribution in [3.63, 3.8) is 0 Å². The zero-order chi connectivity index (χ0) is 20.4. The number of likely N-dealkylation sites (tertiary alicyclic amines) is 2. The number of ether oxygens (including phenoxy) is 1. The summed E-state index contributed by atoms with van der Waals surface area (Å²) in [5.41, 5.74) is 2.06. The van der Waals surface area contributed by atoms with Crippen molar-refractivity contribution in [2.45, 2.75) is 44.2 Å². The van der Waals surface area contributed by atoms with E-state index in [1.54, 1.807) is 26.4 Å². The molecular formula is C23H27N3O3. The molecule has 0 unspecified atom stereocenters. The Bertz CT molecular complexity index is 869. The van der Waals surface area contributed by atoms with Crippen molar-refractivity contribution in [3.8, 4) is 5.75 Å². The molecule has 2 aliphatic heterocycles. The van der Waals surface area contributed by atoms with E-state index in [1.165, 1.54) is 0 Å². The summed E-state index contributed by atoms with van der Waals surface area (Å²) in [6, 6.07) is 11.9. The maximum Gasteiger partial charge on any atom is 0.227 e. The molecule has 2 aliphatic rings. The topological polar surface area (TPSA) is 62.7 Å². The SMILES string of the molecule is COc1ccc([C@H]2CN(C(C)=O)[C@@H]3CCCN(C(=O)Cc4cccnc4)[C@H]23)cc1. The molecule has 1 aromatic carbocycles. The van der Waals surface area contributed by atoms with Gasteiger partial charge in [0.25, 0.3) is 0 Å². The lowest BCUT2D eigenvalue weighted by atomic mass is 9.85. The third-order valence-electron chi connectivity index (χ3n) is 6.21. The van der Waals surface area contributed by atoms with Crippen molar-refractivity contribution >= 4 is 11.8 Å². The standard InChI is InChI=1S/C23H27N3O3/c1-16(27)26-15-20(18-7-9-19(29-2)10-8-18)23-21(26)6-4-12-25(23)22(28)13-17-5-3-11-24-14-17/h3,5,7-11,14,20-21,23H,4,6,12-13,15H2,1-2H3/t20-,21-,23-/m1/s1. The van der Waals surface area contributed by atoms with Crippen molar-refractivity contribution in [2.24, 2.45) is 0 Å². The molecular weight excluding hydrogens is 366 g/mol. The summed E-state index contributed by atoms with van der Waals surface area (Å²) < 4.78 is 5.29. The summed E-state index contributed by atoms with van der Waals surface area (Å²) in [4.78, 5) is 33.7. The number of piperidine rings is 1. The molecule has 3 heterocycles. The molecule has 0 spiro atoms. The van der Waals surface area contributed by atoms with E-state index in [-0.39, 0.29) is 29.8 Å². The van der Waals surface area contributed by atoms with E-state index in [0.717, 1.165) is 36.3 Å². The largest absolute Gasteiger partial charge is 0.497 e. The van der Waals surface area contributed by atoms with Crippen molar-refractivity contribution in [1.82, 2.24) is 14.8 Å². The van der Waals surface area contributed by atoms with Crippen LogP contribution in [0.1, 0.15) is 36.8 Å². The number of aromatic nitrogens is 1. The van der Waals surface area contributed by atoms with E-state index in [2.05, 4.69) is 17.1 Å². The molecule has 0 radical (unpaired) electrons. The van der Waals surface area contributed by atoms with Crippen LogP contribution in [0.4, 0.5) is 0 Å². The molecule has 1 aromatic heterocycles. The second-order valence-electron chi connectivity index (χ2n) is 7.88. The Labute approximate surface area is 171 Å². The number of amides is 2. The Kier molecular flexibility index (Phi) is 5.51. The Morgan fingerprint density at radius 2 is 1.97 bits per heavy atom. The lowest BCUT2D eigenvalue weighted by Gasteiger charge is -2.41. The normalized spacial score (nSPS) is 23.6. The minimum Gasteiger partial charge on any atom is -0.497 e. The Hall–Kier alpha value is -2.89. The van der Waals surface area contributed by atoms with E-state index in [1.807, 2.05) is 34.1 Å². The molecule has 0 bridgehead atoms. The second kappa shape index (κ2) is 8.23. The highest BCUT2D eigenvalue weighted by Gasteiger charge is 2.49. The molecule has 6 heteroatoms. The molecule has 6 nitrogen and oxygen atoms in total. The second-order valence-corrected chi connectivity index (χ2v) is 7.88. The van der Waals surface area contributed by atoms with Gasteiger partial charge in [-0.1, -0.05) is 18.2 Å². The molecule has 0 saturated carbocycles. The average Bonchev–Trinajstić information content (AvgIpc) is 3.14. The van der Waals surface area contributed by atoms with E-state index in [0.29, 0.717) is 13.0 Å². The molecule has 2 saturated heterocycles. The lowest BCUT2D eigenvalue weighted by molar-refractivity contribution is -0.138. The lowest BCUT2D eigenvalue weighted by Crippen LogP contribution is -2.54. The Balaban J connectivity index is 1.63. The van der Waals surface area contributed by atoms with Crippen molar-refractivity contribution in [2.75, 3.05) is 20.2 Å². The molecule has 2 aromatic rings. The van der Waals surface area contributed by atoms with Gasteiger partial charge in [-0.25, -0.2) is 0 Å². The van der Waals surface area contributed by atoms with Gasteiger partial charge in [-0.05, 0) is 42.2 Å². The number of pyridine rings is 1. The monoisotopic (exact) mass is 393 g/mol. The first kappa shape index (κ1) is 19.4. The number of fused-ring (bicyclic) bond motifs is 1. The molecule has 0 N–H and O–H groups in total. The maximum absolute atomic E-state index is 13.2. The number of hydrogen-bond acceptors (Lipinski definition) is 4. The highest BCUT2D eigenvalue weighted by Crippen LogP contribution is 2.40. The van der Waals surface area contributed by atoms with Crippen LogP contribution >= 0.6 is 0 Å². The van der Waals surface area contributed by atoms with Crippen LogP contribution in [-0.2, 0) is 16.0 Å². The van der Waals surface area contributed by atoms with Gasteiger partial charge in [0.05, 0.1) is 25.6 Å². The number of nitrogens with zero attached hydrogens (tertiary/aromatic N) is 3. The van der Waals surface area contributed by atoms with Gasteiger partial charge in [-0.2, -0.15) is 0 Å². The third kappa shape index (κ3) is 3.84. The summed E-state index contributed by atoms with van der Waals surface area (Å²) in [6.07, 6.45) is 5.65. The average molecular weight is 393 g/mol. The van der Waals surface area contributed by atoms with Crippen molar-refractivity contribution in [1.29, 1.82) is 0 Å². The Morgan fingerprint density at radius 1 is 1.17 bits per heavy atom. The van der Waals surface area contributed by atoms with Crippen LogP contribution in [0.15, 0.2) is 48.8 Å². The quantitative estimate of drug-likeness (QED) is 0.801. The first-order chi connectivity index (χ1) is 14.1. The number of carbonyl (C=O) groups is 2. The van der Waals surface area contributed by atoms with E-state index < -0.39 is 0 Å². The van der Waals surface area contributed by atoms with Gasteiger partial charge in [0.1, 0.15) is 5.75 Å². The highest BCUT2D eigenvalue weighted by molar-refractivity contribution is 5.80. The van der Waals surface area contributed by atoms with Crippen LogP contribution in [0.5, 0.6) is 5.75 Å². The number of rotatable bonds is 4. The predicted octanol–water partition coefficient (Wildman–Crippen LogP) is 2.64. The minimum absolute atomic E-state index is 0.00483. The number of methoxy groups -OCH3 is 1. The first-order valence-corrected chi connectivity index (χ1v) is 10.2. The van der Waals surface area contributed by atoms with Crippen LogP contribution in [0.25, 0.3) is 0 Å². The zero-order valence-electron chi connectivity index (χ0n) is 17.0. The minimum atomic E-state index is 0.00483. The van der Waals surface area contributed by atoms with E-state index in [4.69, 9.17) is 4.74 Å². The zero-order valence-corrected chi connectivity index (χ0v) is 17.0. The van der Waals surface area contributed by atoms with E-state index in [9.17, 15) is 9.59 Å². The fourth-order valence-electron chi connectivity index (χ4n) is 4.86. The summed E-state index contributed by atoms with van der Waals surface area (Å²) in [6.45, 7) is 3.01. The molecule has 152 valence electrons. The maximum atomic E-state index is 13.2. The van der Waals surface area contributed by atoms with Gasteiger partial charge in [-0.3, -0.25) is 14.6 Å².